The first kappa shape index (κ1) is 28.4. The van der Waals surface area contributed by atoms with Crippen LogP contribution in [0.3, 0.4) is 0 Å². The van der Waals surface area contributed by atoms with Gasteiger partial charge < -0.3 is 20.4 Å². The monoisotopic (exact) mass is 480 g/mol. The molecule has 200 valence electrons. The second-order valence-corrected chi connectivity index (χ2v) is 13.7. The average molecular weight is 481 g/mol. The summed E-state index contributed by atoms with van der Waals surface area (Å²) in [4.78, 5) is 0. The van der Waals surface area contributed by atoms with E-state index in [1.165, 1.54) is 51.4 Å². The van der Waals surface area contributed by atoms with E-state index in [0.717, 1.165) is 75.0 Å². The quantitative estimate of drug-likeness (QED) is 0.384. The van der Waals surface area contributed by atoms with Gasteiger partial charge in [0.2, 0.25) is 0 Å². The van der Waals surface area contributed by atoms with Crippen LogP contribution in [0.4, 0.5) is 0 Å². The van der Waals surface area contributed by atoms with Gasteiger partial charge in [-0.2, -0.15) is 0 Å². The van der Waals surface area contributed by atoms with Crippen molar-refractivity contribution in [1.29, 1.82) is 0 Å². The van der Waals surface area contributed by atoms with E-state index >= 15 is 0 Å². The molecule has 34 heavy (non-hydrogen) atoms. The maximum Gasteiger partial charge on any atom is 0.0540 e. The fourth-order valence-corrected chi connectivity index (χ4v) is 7.95. The van der Waals surface area contributed by atoms with E-state index in [9.17, 15) is 20.4 Å². The summed E-state index contributed by atoms with van der Waals surface area (Å²) in [6, 6.07) is 0. The Hall–Kier alpha value is -0.160. The number of hydrogen-bond acceptors (Lipinski definition) is 4. The Morgan fingerprint density at radius 1 is 0.324 bits per heavy atom. The normalized spacial score (nSPS) is 40.2. The molecule has 0 amide bonds. The highest BCUT2D eigenvalue weighted by Gasteiger charge is 2.41. The number of aliphatic hydroxyl groups is 4. The van der Waals surface area contributed by atoms with Crippen LogP contribution in [0.15, 0.2) is 0 Å². The lowest BCUT2D eigenvalue weighted by Gasteiger charge is -2.46. The smallest absolute Gasteiger partial charge is 0.0540 e. The van der Waals surface area contributed by atoms with Crippen LogP contribution >= 0.6 is 0 Å². The number of rotatable bonds is 4. The molecule has 0 aliphatic heterocycles. The van der Waals surface area contributed by atoms with Crippen molar-refractivity contribution in [2.24, 2.45) is 34.5 Å². The summed E-state index contributed by atoms with van der Waals surface area (Å²) in [6.07, 6.45) is 17.2. The lowest BCUT2D eigenvalue weighted by atomic mass is 9.60. The van der Waals surface area contributed by atoms with Crippen molar-refractivity contribution >= 4 is 0 Å². The SMILES string of the molecule is CC(C)(C1CCC(O)CC1)C1CCC(O)CC1.CC(C)(C1CCC(O)CC1)C1CCC(O)CC1. The maximum atomic E-state index is 9.60. The van der Waals surface area contributed by atoms with Crippen LogP contribution in [0.25, 0.3) is 0 Å². The van der Waals surface area contributed by atoms with E-state index in [0.29, 0.717) is 10.8 Å². The molecule has 0 saturated heterocycles. The molecule has 4 saturated carbocycles. The zero-order valence-electron chi connectivity index (χ0n) is 22.7. The van der Waals surface area contributed by atoms with Gasteiger partial charge in [0.05, 0.1) is 24.4 Å². The van der Waals surface area contributed by atoms with E-state index in [4.69, 9.17) is 0 Å². The summed E-state index contributed by atoms with van der Waals surface area (Å²) in [7, 11) is 0. The topological polar surface area (TPSA) is 80.9 Å². The molecule has 4 aliphatic rings. The Balaban J connectivity index is 0.000000191. The minimum absolute atomic E-state index is 0.0461. The lowest BCUT2D eigenvalue weighted by Crippen LogP contribution is -2.38. The first-order chi connectivity index (χ1) is 16.0. The molecule has 4 aliphatic carbocycles. The minimum atomic E-state index is -0.0461. The molecule has 0 radical (unpaired) electrons. The molecule has 4 fully saturated rings. The maximum absolute atomic E-state index is 9.60. The van der Waals surface area contributed by atoms with Gasteiger partial charge in [0.1, 0.15) is 0 Å². The van der Waals surface area contributed by atoms with Gasteiger partial charge in [-0.25, -0.2) is 0 Å². The number of aliphatic hydroxyl groups excluding tert-OH is 4. The van der Waals surface area contributed by atoms with Gasteiger partial charge in [0.15, 0.2) is 0 Å². The summed E-state index contributed by atoms with van der Waals surface area (Å²) < 4.78 is 0. The third-order valence-electron chi connectivity index (χ3n) is 11.0. The predicted molar refractivity (Wildman–Crippen MR) is 139 cm³/mol. The Bertz CT molecular complexity index is 471. The van der Waals surface area contributed by atoms with Crippen molar-refractivity contribution in [2.75, 3.05) is 0 Å². The van der Waals surface area contributed by atoms with E-state index in [1.807, 2.05) is 0 Å². The fraction of sp³-hybridized carbons (Fsp3) is 1.00. The van der Waals surface area contributed by atoms with Crippen LogP contribution in [0.1, 0.15) is 130 Å². The summed E-state index contributed by atoms with van der Waals surface area (Å²) in [5, 5.41) is 38.4. The van der Waals surface area contributed by atoms with Gasteiger partial charge in [0.25, 0.3) is 0 Å². The van der Waals surface area contributed by atoms with Crippen LogP contribution in [0.2, 0.25) is 0 Å². The van der Waals surface area contributed by atoms with Crippen LogP contribution < -0.4 is 0 Å². The van der Waals surface area contributed by atoms with Gasteiger partial charge in [-0.05, 0) is 137 Å². The molecule has 0 spiro atoms. The third kappa shape index (κ3) is 7.43. The molecule has 0 aromatic carbocycles. The van der Waals surface area contributed by atoms with E-state index < -0.39 is 0 Å². The standard InChI is InChI=1S/2C15H28O2/c2*1-15(2,11-3-7-13(16)8-4-11)12-5-9-14(17)10-6-12/h2*11-14,16-17H,3-10H2,1-2H3. The first-order valence-electron chi connectivity index (χ1n) is 14.7. The van der Waals surface area contributed by atoms with Crippen molar-refractivity contribution in [2.45, 2.75) is 155 Å². The Morgan fingerprint density at radius 3 is 0.618 bits per heavy atom. The van der Waals surface area contributed by atoms with Crippen LogP contribution in [0, 0.1) is 34.5 Å². The third-order valence-corrected chi connectivity index (χ3v) is 11.0. The van der Waals surface area contributed by atoms with Crippen LogP contribution in [-0.4, -0.2) is 44.8 Å². The predicted octanol–water partition coefficient (Wildman–Crippen LogP) is 6.23. The summed E-state index contributed by atoms with van der Waals surface area (Å²) >= 11 is 0. The molecule has 0 atom stereocenters. The van der Waals surface area contributed by atoms with Crippen molar-refractivity contribution in [3.63, 3.8) is 0 Å². The molecule has 0 unspecified atom stereocenters. The fourth-order valence-electron chi connectivity index (χ4n) is 7.95. The zero-order valence-corrected chi connectivity index (χ0v) is 22.7. The van der Waals surface area contributed by atoms with E-state index in [2.05, 4.69) is 27.7 Å². The van der Waals surface area contributed by atoms with Gasteiger partial charge in [0, 0.05) is 0 Å². The van der Waals surface area contributed by atoms with Crippen molar-refractivity contribution < 1.29 is 20.4 Å². The Kier molecular flexibility index (Phi) is 10.4. The molecule has 4 heteroatoms. The molecule has 0 bridgehead atoms. The average Bonchev–Trinajstić information content (AvgIpc) is 2.81. The van der Waals surface area contributed by atoms with Crippen molar-refractivity contribution in [1.82, 2.24) is 0 Å². The zero-order chi connectivity index (χ0) is 24.9. The van der Waals surface area contributed by atoms with Crippen LogP contribution in [-0.2, 0) is 0 Å². The highest BCUT2D eigenvalue weighted by atomic mass is 16.3. The molecule has 0 aromatic heterocycles. The van der Waals surface area contributed by atoms with E-state index in [-0.39, 0.29) is 24.4 Å². The highest BCUT2D eigenvalue weighted by Crippen LogP contribution is 2.49. The molecule has 4 rings (SSSR count). The van der Waals surface area contributed by atoms with E-state index in [1.54, 1.807) is 0 Å². The molecular weight excluding hydrogens is 424 g/mol. The second-order valence-electron chi connectivity index (χ2n) is 13.7. The number of hydrogen-bond donors (Lipinski definition) is 4. The molecule has 0 aromatic rings. The van der Waals surface area contributed by atoms with Crippen molar-refractivity contribution in [3.8, 4) is 0 Å². The summed E-state index contributed by atoms with van der Waals surface area (Å²) in [5.41, 5.74) is 0.778. The molecule has 4 N–H and O–H groups in total. The van der Waals surface area contributed by atoms with Crippen molar-refractivity contribution in [3.05, 3.63) is 0 Å². The van der Waals surface area contributed by atoms with Gasteiger partial charge in [-0.3, -0.25) is 0 Å². The second kappa shape index (κ2) is 12.4. The minimum Gasteiger partial charge on any atom is -0.393 e. The summed E-state index contributed by atoms with van der Waals surface area (Å²) in [6.45, 7) is 9.66. The molecule has 4 nitrogen and oxygen atoms in total. The van der Waals surface area contributed by atoms with Crippen LogP contribution in [0.5, 0.6) is 0 Å². The molecular formula is C30H56O4. The van der Waals surface area contributed by atoms with Gasteiger partial charge in [-0.15, -0.1) is 0 Å². The Morgan fingerprint density at radius 2 is 0.471 bits per heavy atom. The largest absolute Gasteiger partial charge is 0.393 e. The lowest BCUT2D eigenvalue weighted by molar-refractivity contribution is 0.00201. The highest BCUT2D eigenvalue weighted by molar-refractivity contribution is 4.91. The molecule has 0 heterocycles. The summed E-state index contributed by atoms with van der Waals surface area (Å²) in [5.74, 6) is 3.08. The van der Waals surface area contributed by atoms with Gasteiger partial charge in [-0.1, -0.05) is 27.7 Å². The first-order valence-corrected chi connectivity index (χ1v) is 14.7. The Labute approximate surface area is 209 Å². The van der Waals surface area contributed by atoms with Gasteiger partial charge >= 0.3 is 0 Å².